The first kappa shape index (κ1) is 17.5. The molecule has 7 nitrogen and oxygen atoms in total. The Kier molecular flexibility index (Phi) is 7.45. The van der Waals surface area contributed by atoms with Gasteiger partial charge in [-0.25, -0.2) is 4.79 Å². The second-order valence-corrected chi connectivity index (χ2v) is 4.45. The van der Waals surface area contributed by atoms with E-state index in [0.717, 1.165) is 5.56 Å². The van der Waals surface area contributed by atoms with Gasteiger partial charge in [0, 0.05) is 0 Å². The van der Waals surface area contributed by atoms with Gasteiger partial charge < -0.3 is 20.1 Å². The summed E-state index contributed by atoms with van der Waals surface area (Å²) in [6.07, 6.45) is -0.706. The Morgan fingerprint density at radius 2 is 1.82 bits per heavy atom. The standard InChI is InChI=1S/C15H20N2O5/c1-3-21-13(18)9-16-14(19)11(2)17-15(20)22-10-12-7-5-4-6-8-12/h4-8,11H,3,9-10H2,1-2H3,(H,16,19)(H,17,20)/t11-/m1/s1. The number of esters is 1. The number of hydrogen-bond acceptors (Lipinski definition) is 5. The molecule has 0 aliphatic heterocycles. The molecule has 0 saturated carbocycles. The van der Waals surface area contributed by atoms with Gasteiger partial charge in [-0.3, -0.25) is 9.59 Å². The minimum Gasteiger partial charge on any atom is -0.465 e. The fourth-order valence-corrected chi connectivity index (χ4v) is 1.53. The molecular weight excluding hydrogens is 288 g/mol. The van der Waals surface area contributed by atoms with Crippen LogP contribution in [0, 0.1) is 0 Å². The SMILES string of the molecule is CCOC(=O)CNC(=O)[C@@H](C)NC(=O)OCc1ccccc1. The monoisotopic (exact) mass is 308 g/mol. The molecule has 2 amide bonds. The number of alkyl carbamates (subject to hydrolysis) is 1. The number of benzene rings is 1. The van der Waals surface area contributed by atoms with Gasteiger partial charge in [0.15, 0.2) is 0 Å². The lowest BCUT2D eigenvalue weighted by Gasteiger charge is -2.14. The van der Waals surface area contributed by atoms with Crippen molar-refractivity contribution in [2.24, 2.45) is 0 Å². The summed E-state index contributed by atoms with van der Waals surface area (Å²) in [6.45, 7) is 3.28. The largest absolute Gasteiger partial charge is 0.465 e. The number of rotatable bonds is 7. The quantitative estimate of drug-likeness (QED) is 0.732. The van der Waals surface area contributed by atoms with Gasteiger partial charge in [0.25, 0.3) is 0 Å². The zero-order valence-corrected chi connectivity index (χ0v) is 12.6. The van der Waals surface area contributed by atoms with Crippen LogP contribution in [0.4, 0.5) is 4.79 Å². The van der Waals surface area contributed by atoms with E-state index in [-0.39, 0.29) is 19.8 Å². The second kappa shape index (κ2) is 9.38. The zero-order chi connectivity index (χ0) is 16.4. The van der Waals surface area contributed by atoms with E-state index in [1.807, 2.05) is 30.3 Å². The van der Waals surface area contributed by atoms with Crippen molar-refractivity contribution in [2.75, 3.05) is 13.2 Å². The van der Waals surface area contributed by atoms with Crippen molar-refractivity contribution in [3.63, 3.8) is 0 Å². The number of ether oxygens (including phenoxy) is 2. The van der Waals surface area contributed by atoms with Gasteiger partial charge in [0.2, 0.25) is 5.91 Å². The van der Waals surface area contributed by atoms with Gasteiger partial charge in [-0.2, -0.15) is 0 Å². The molecule has 1 atom stereocenters. The summed E-state index contributed by atoms with van der Waals surface area (Å²) < 4.78 is 9.67. The van der Waals surface area contributed by atoms with Crippen LogP contribution < -0.4 is 10.6 Å². The molecule has 0 radical (unpaired) electrons. The Balaban J connectivity index is 2.28. The van der Waals surface area contributed by atoms with Crippen LogP contribution in [0.25, 0.3) is 0 Å². The molecule has 0 spiro atoms. The molecule has 0 heterocycles. The molecule has 1 rings (SSSR count). The van der Waals surface area contributed by atoms with Crippen molar-refractivity contribution in [2.45, 2.75) is 26.5 Å². The number of hydrogen-bond donors (Lipinski definition) is 2. The van der Waals surface area contributed by atoms with E-state index >= 15 is 0 Å². The van der Waals surface area contributed by atoms with Crippen LogP contribution in [0.2, 0.25) is 0 Å². The summed E-state index contributed by atoms with van der Waals surface area (Å²) in [6, 6.07) is 8.35. The Bertz CT molecular complexity index is 504. The molecule has 0 aliphatic carbocycles. The van der Waals surface area contributed by atoms with E-state index in [9.17, 15) is 14.4 Å². The lowest BCUT2D eigenvalue weighted by atomic mass is 10.2. The van der Waals surface area contributed by atoms with Crippen molar-refractivity contribution in [3.05, 3.63) is 35.9 Å². The first-order chi connectivity index (χ1) is 10.5. The molecule has 1 aromatic carbocycles. The molecule has 0 unspecified atom stereocenters. The highest BCUT2D eigenvalue weighted by Gasteiger charge is 2.17. The normalized spacial score (nSPS) is 11.2. The fourth-order valence-electron chi connectivity index (χ4n) is 1.53. The van der Waals surface area contributed by atoms with Crippen LogP contribution in [-0.2, 0) is 25.7 Å². The summed E-state index contributed by atoms with van der Waals surface area (Å²) in [5.74, 6) is -1.03. The average Bonchev–Trinajstić information content (AvgIpc) is 2.52. The first-order valence-electron chi connectivity index (χ1n) is 6.93. The summed E-state index contributed by atoms with van der Waals surface area (Å²) in [4.78, 5) is 34.3. The van der Waals surface area contributed by atoms with E-state index in [4.69, 9.17) is 4.74 Å². The highest BCUT2D eigenvalue weighted by atomic mass is 16.5. The molecule has 0 saturated heterocycles. The molecular formula is C15H20N2O5. The van der Waals surface area contributed by atoms with E-state index in [1.54, 1.807) is 6.92 Å². The van der Waals surface area contributed by atoms with Gasteiger partial charge in [-0.05, 0) is 19.4 Å². The molecule has 7 heteroatoms. The Hall–Kier alpha value is -2.57. The lowest BCUT2D eigenvalue weighted by molar-refractivity contribution is -0.143. The molecule has 22 heavy (non-hydrogen) atoms. The molecule has 0 aliphatic rings. The van der Waals surface area contributed by atoms with Crippen LogP contribution in [-0.4, -0.2) is 37.2 Å². The third-order valence-corrected chi connectivity index (χ3v) is 2.65. The van der Waals surface area contributed by atoms with Crippen LogP contribution in [0.5, 0.6) is 0 Å². The third-order valence-electron chi connectivity index (χ3n) is 2.65. The average molecular weight is 308 g/mol. The van der Waals surface area contributed by atoms with Gasteiger partial charge in [0.05, 0.1) is 6.61 Å². The van der Waals surface area contributed by atoms with Gasteiger partial charge in [-0.1, -0.05) is 30.3 Å². The zero-order valence-electron chi connectivity index (χ0n) is 12.6. The third kappa shape index (κ3) is 6.74. The predicted octanol–water partition coefficient (Wildman–Crippen LogP) is 0.981. The minimum absolute atomic E-state index is 0.115. The van der Waals surface area contributed by atoms with Crippen LogP contribution in [0.3, 0.4) is 0 Å². The summed E-state index contributed by atoms with van der Waals surface area (Å²) in [5, 5.41) is 4.74. The van der Waals surface area contributed by atoms with Crippen LogP contribution in [0.1, 0.15) is 19.4 Å². The number of nitrogens with one attached hydrogen (secondary N) is 2. The summed E-state index contributed by atoms with van der Waals surface area (Å²) in [7, 11) is 0. The maximum Gasteiger partial charge on any atom is 0.408 e. The van der Waals surface area contributed by atoms with Crippen LogP contribution >= 0.6 is 0 Å². The van der Waals surface area contributed by atoms with Crippen molar-refractivity contribution in [1.82, 2.24) is 10.6 Å². The number of amides is 2. The Morgan fingerprint density at radius 1 is 1.14 bits per heavy atom. The highest BCUT2D eigenvalue weighted by Crippen LogP contribution is 2.00. The second-order valence-electron chi connectivity index (χ2n) is 4.45. The van der Waals surface area contributed by atoms with E-state index in [0.29, 0.717) is 0 Å². The molecule has 120 valence electrons. The van der Waals surface area contributed by atoms with Crippen molar-refractivity contribution < 1.29 is 23.9 Å². The molecule has 0 aromatic heterocycles. The maximum atomic E-state index is 11.7. The number of carbonyl (C=O) groups is 3. The molecule has 2 N–H and O–H groups in total. The predicted molar refractivity (Wildman–Crippen MR) is 78.9 cm³/mol. The topological polar surface area (TPSA) is 93.7 Å². The molecule has 0 fully saturated rings. The summed E-state index contributed by atoms with van der Waals surface area (Å²) >= 11 is 0. The van der Waals surface area contributed by atoms with Crippen molar-refractivity contribution in [3.8, 4) is 0 Å². The minimum atomic E-state index is -0.822. The Labute approximate surface area is 129 Å². The van der Waals surface area contributed by atoms with Crippen LogP contribution in [0.15, 0.2) is 30.3 Å². The van der Waals surface area contributed by atoms with Crippen molar-refractivity contribution >= 4 is 18.0 Å². The lowest BCUT2D eigenvalue weighted by Crippen LogP contribution is -2.46. The van der Waals surface area contributed by atoms with E-state index < -0.39 is 24.0 Å². The maximum absolute atomic E-state index is 11.7. The van der Waals surface area contributed by atoms with Crippen molar-refractivity contribution in [1.29, 1.82) is 0 Å². The van der Waals surface area contributed by atoms with Gasteiger partial charge >= 0.3 is 12.1 Å². The first-order valence-corrected chi connectivity index (χ1v) is 6.93. The molecule has 1 aromatic rings. The Morgan fingerprint density at radius 3 is 2.45 bits per heavy atom. The van der Waals surface area contributed by atoms with Gasteiger partial charge in [0.1, 0.15) is 19.2 Å². The molecule has 0 bridgehead atoms. The van der Waals surface area contributed by atoms with E-state index in [1.165, 1.54) is 6.92 Å². The fraction of sp³-hybridized carbons (Fsp3) is 0.400. The summed E-state index contributed by atoms with van der Waals surface area (Å²) in [5.41, 5.74) is 0.845. The van der Waals surface area contributed by atoms with E-state index in [2.05, 4.69) is 15.4 Å². The van der Waals surface area contributed by atoms with Gasteiger partial charge in [-0.15, -0.1) is 0 Å². The smallest absolute Gasteiger partial charge is 0.408 e. The highest BCUT2D eigenvalue weighted by molar-refractivity contribution is 5.87. The number of carbonyl (C=O) groups excluding carboxylic acids is 3.